The van der Waals surface area contributed by atoms with Crippen molar-refractivity contribution >= 4 is 45.6 Å². The van der Waals surface area contributed by atoms with Crippen molar-refractivity contribution in [2.45, 2.75) is 16.6 Å². The first kappa shape index (κ1) is 19.5. The molecule has 0 aromatic carbocycles. The van der Waals surface area contributed by atoms with Gasteiger partial charge in [-0.05, 0) is 46.9 Å². The van der Waals surface area contributed by atoms with Crippen molar-refractivity contribution in [3.63, 3.8) is 0 Å². The van der Waals surface area contributed by atoms with Gasteiger partial charge in [0.15, 0.2) is 4.18 Å². The molecule has 0 radical (unpaired) electrons. The number of carbonyl (C=O) groups is 1. The lowest BCUT2D eigenvalue weighted by atomic mass is 9.99. The van der Waals surface area contributed by atoms with E-state index in [9.17, 15) is 9.18 Å². The van der Waals surface area contributed by atoms with Crippen molar-refractivity contribution in [1.29, 1.82) is 0 Å². The second-order valence-corrected chi connectivity index (χ2v) is 8.55. The van der Waals surface area contributed by atoms with E-state index in [1.807, 2.05) is 12.1 Å². The topological polar surface area (TPSA) is 84.1 Å². The Morgan fingerprint density at radius 2 is 2.23 bits per heavy atom. The molecule has 0 bridgehead atoms. The van der Waals surface area contributed by atoms with Gasteiger partial charge in [0.2, 0.25) is 0 Å². The minimum atomic E-state index is -1.29. The van der Waals surface area contributed by atoms with Crippen LogP contribution in [0.4, 0.5) is 4.39 Å². The zero-order valence-electron chi connectivity index (χ0n) is 15.8. The largest absolute Gasteiger partial charge is 0.348 e. The quantitative estimate of drug-likeness (QED) is 0.318. The maximum Gasteiger partial charge on any atom is 0.273 e. The summed E-state index contributed by atoms with van der Waals surface area (Å²) in [6, 6.07) is 6.47. The number of amides is 1. The highest BCUT2D eigenvalue weighted by molar-refractivity contribution is 14.1. The van der Waals surface area contributed by atoms with Crippen LogP contribution in [0.3, 0.4) is 0 Å². The van der Waals surface area contributed by atoms with Gasteiger partial charge in [0.05, 0.1) is 28.3 Å². The monoisotopic (exact) mass is 539 g/mol. The van der Waals surface area contributed by atoms with Crippen molar-refractivity contribution < 1.29 is 9.18 Å². The Labute approximate surface area is 189 Å². The lowest BCUT2D eigenvalue weighted by Crippen LogP contribution is -2.41. The number of hydrogen-bond acceptors (Lipinski definition) is 4. The van der Waals surface area contributed by atoms with Gasteiger partial charge in [-0.25, -0.2) is 13.9 Å². The van der Waals surface area contributed by atoms with Crippen molar-refractivity contribution in [2.24, 2.45) is 7.05 Å². The molecule has 154 valence electrons. The summed E-state index contributed by atoms with van der Waals surface area (Å²) in [6.45, 7) is 0.462. The summed E-state index contributed by atoms with van der Waals surface area (Å²) in [5.41, 5.74) is 3.65. The molecule has 5 rings (SSSR count). The number of nitrogens with one attached hydrogen (secondary N) is 1. The Kier molecular flexibility index (Phi) is 4.77. The van der Waals surface area contributed by atoms with Crippen molar-refractivity contribution in [2.75, 3.05) is 6.54 Å². The molecule has 0 spiro atoms. The fraction of sp³-hybridized carbons (Fsp3) is 0.263. The highest BCUT2D eigenvalue weighted by Gasteiger charge is 2.37. The van der Waals surface area contributed by atoms with Crippen molar-refractivity contribution in [3.05, 3.63) is 70.3 Å². The van der Waals surface area contributed by atoms with E-state index in [1.54, 1.807) is 57.6 Å². The molecule has 1 amide bonds. The molecular weight excluding hydrogens is 524 g/mol. The lowest BCUT2D eigenvalue weighted by molar-refractivity contribution is 0.0675. The molecule has 4 aromatic heterocycles. The number of aromatic nitrogens is 6. The molecule has 5 heterocycles. The first-order valence-corrected chi connectivity index (χ1v) is 10.9. The number of halogens is 3. The molecule has 0 aliphatic carbocycles. The number of nitrogens with zero attached hydrogens (tertiary/aromatic N) is 6. The molecule has 8 nitrogen and oxygen atoms in total. The Bertz CT molecular complexity index is 1260. The molecule has 0 fully saturated rings. The average Bonchev–Trinajstić information content (AvgIpc) is 3.44. The van der Waals surface area contributed by atoms with Gasteiger partial charge in [-0.2, -0.15) is 10.2 Å². The van der Waals surface area contributed by atoms with Crippen LogP contribution in [0.15, 0.2) is 36.8 Å². The minimum Gasteiger partial charge on any atom is -0.348 e. The number of alkyl halides is 2. The van der Waals surface area contributed by atoms with E-state index in [-0.39, 0.29) is 11.6 Å². The fourth-order valence-electron chi connectivity index (χ4n) is 3.87. The number of carbonyl (C=O) groups excluding carboxylic acids is 1. The number of hydrogen-bond donors (Lipinski definition) is 1. The highest BCUT2D eigenvalue weighted by Crippen LogP contribution is 2.35. The Morgan fingerprint density at radius 1 is 1.40 bits per heavy atom. The number of H-pyrrole nitrogens is 1. The molecule has 4 aromatic rings. The second-order valence-electron chi connectivity index (χ2n) is 7.05. The normalized spacial score (nSPS) is 17.3. The molecular formula is C19H16ClFIN7O. The van der Waals surface area contributed by atoms with Crippen LogP contribution in [-0.2, 0) is 13.5 Å². The third kappa shape index (κ3) is 3.09. The number of aromatic amines is 1. The number of fused-ring (bicyclic) bond motifs is 2. The number of pyridine rings is 1. The molecule has 0 saturated heterocycles. The van der Waals surface area contributed by atoms with Gasteiger partial charge in [-0.3, -0.25) is 9.48 Å². The Balaban J connectivity index is 1.62. The first-order valence-electron chi connectivity index (χ1n) is 9.23. The fourth-order valence-corrected chi connectivity index (χ4v) is 4.39. The lowest BCUT2D eigenvalue weighted by Gasteiger charge is -2.33. The van der Waals surface area contributed by atoms with Gasteiger partial charge in [0.1, 0.15) is 17.4 Å². The summed E-state index contributed by atoms with van der Waals surface area (Å²) in [7, 11) is 1.64. The van der Waals surface area contributed by atoms with Gasteiger partial charge in [-0.15, -0.1) is 0 Å². The first-order chi connectivity index (χ1) is 14.4. The third-order valence-electron chi connectivity index (χ3n) is 5.28. The van der Waals surface area contributed by atoms with Gasteiger partial charge >= 0.3 is 0 Å². The Hall–Kier alpha value is -2.47. The van der Waals surface area contributed by atoms with Crippen LogP contribution < -0.4 is 0 Å². The smallest absolute Gasteiger partial charge is 0.273 e. The molecule has 1 N–H and O–H groups in total. The average molecular weight is 540 g/mol. The SMILES string of the molecule is Cn1nc(C(F)I)cc1C(=O)N1CCc2[nH]cnc2[C@H]1c1cc2c(Cl)cccn2n1. The van der Waals surface area contributed by atoms with Crippen LogP contribution in [0, 0.1) is 0 Å². The molecule has 0 saturated carbocycles. The van der Waals surface area contributed by atoms with Crippen LogP contribution in [-0.4, -0.2) is 46.7 Å². The Morgan fingerprint density at radius 3 is 2.97 bits per heavy atom. The summed E-state index contributed by atoms with van der Waals surface area (Å²) in [4.78, 5) is 22.8. The van der Waals surface area contributed by atoms with E-state index in [0.29, 0.717) is 29.4 Å². The number of imidazole rings is 1. The van der Waals surface area contributed by atoms with Gasteiger partial charge in [0.25, 0.3) is 5.91 Å². The van der Waals surface area contributed by atoms with Gasteiger partial charge in [-0.1, -0.05) is 11.6 Å². The summed E-state index contributed by atoms with van der Waals surface area (Å²) in [5.74, 6) is -0.255. The molecule has 30 heavy (non-hydrogen) atoms. The third-order valence-corrected chi connectivity index (χ3v) is 6.23. The molecule has 1 aliphatic heterocycles. The molecule has 1 unspecified atom stereocenters. The minimum absolute atomic E-state index is 0.218. The summed E-state index contributed by atoms with van der Waals surface area (Å²) >= 11 is 7.96. The standard InChI is InChI=1S/C19H16ClFIN7O/c1-27-15(8-13(25-27)18(21)22)19(30)28-6-4-11-16(24-9-23-11)17(28)12-7-14-10(20)3-2-5-29(14)26-12/h2-3,5,7-9,17-18H,4,6H2,1H3,(H,23,24)/t17-,18?/m1/s1. The van der Waals surface area contributed by atoms with E-state index >= 15 is 0 Å². The number of aryl methyl sites for hydroxylation is 1. The van der Waals surface area contributed by atoms with Gasteiger partial charge < -0.3 is 9.88 Å². The summed E-state index contributed by atoms with van der Waals surface area (Å²) in [5, 5.41) is 9.36. The molecule has 11 heteroatoms. The number of rotatable bonds is 3. The maximum absolute atomic E-state index is 13.7. The van der Waals surface area contributed by atoms with Crippen LogP contribution in [0.25, 0.3) is 5.52 Å². The zero-order valence-corrected chi connectivity index (χ0v) is 18.7. The predicted molar refractivity (Wildman–Crippen MR) is 116 cm³/mol. The molecule has 1 aliphatic rings. The summed E-state index contributed by atoms with van der Waals surface area (Å²) in [6.07, 6.45) is 4.06. The maximum atomic E-state index is 13.7. The van der Waals surface area contributed by atoms with E-state index in [0.717, 1.165) is 16.9 Å². The second kappa shape index (κ2) is 7.34. The van der Waals surface area contributed by atoms with Crippen molar-refractivity contribution in [1.82, 2.24) is 34.3 Å². The molecule has 2 atom stereocenters. The van der Waals surface area contributed by atoms with E-state index in [4.69, 9.17) is 11.6 Å². The summed E-state index contributed by atoms with van der Waals surface area (Å²) < 4.78 is 15.6. The van der Waals surface area contributed by atoms with Crippen molar-refractivity contribution in [3.8, 4) is 0 Å². The van der Waals surface area contributed by atoms with Gasteiger partial charge in [0, 0.05) is 31.9 Å². The van der Waals surface area contributed by atoms with Crippen LogP contribution in [0.2, 0.25) is 5.02 Å². The van der Waals surface area contributed by atoms with E-state index < -0.39 is 10.2 Å². The van der Waals surface area contributed by atoms with Crippen LogP contribution >= 0.6 is 34.2 Å². The zero-order chi connectivity index (χ0) is 21.0. The highest BCUT2D eigenvalue weighted by atomic mass is 127. The van der Waals surface area contributed by atoms with Crippen LogP contribution in [0.5, 0.6) is 0 Å². The van der Waals surface area contributed by atoms with Crippen LogP contribution in [0.1, 0.15) is 43.5 Å². The predicted octanol–water partition coefficient (Wildman–Crippen LogP) is 3.64. The van der Waals surface area contributed by atoms with E-state index in [2.05, 4.69) is 20.2 Å². The van der Waals surface area contributed by atoms with E-state index in [1.165, 1.54) is 10.7 Å².